The molecule has 0 radical (unpaired) electrons. The summed E-state index contributed by atoms with van der Waals surface area (Å²) in [7, 11) is 0. The topological polar surface area (TPSA) is 122 Å². The SMILES string of the molecule is CCOC(=O)C1CCN(c2cc(Nc3ccc(C(=O)O)cc3)c3c4c(onc24)-c2ccccc2C3=O)CC1. The number of hydrogen-bond acceptors (Lipinski definition) is 8. The molecular weight excluding hydrogens is 486 g/mol. The van der Waals surface area contributed by atoms with Gasteiger partial charge in [0.05, 0.1) is 40.4 Å². The van der Waals surface area contributed by atoms with E-state index in [0.29, 0.717) is 77.3 Å². The number of fused-ring (bicyclic) bond motifs is 2. The molecule has 1 saturated heterocycles. The second-order valence-electron chi connectivity index (χ2n) is 9.45. The lowest BCUT2D eigenvalue weighted by molar-refractivity contribution is -0.148. The number of piperidine rings is 1. The van der Waals surface area contributed by atoms with Crippen LogP contribution in [0.15, 0.2) is 59.1 Å². The monoisotopic (exact) mass is 511 g/mol. The fraction of sp³-hybridized carbons (Fsp3) is 0.241. The maximum Gasteiger partial charge on any atom is 0.335 e. The Balaban J connectivity index is 1.45. The molecule has 0 spiro atoms. The molecule has 9 nitrogen and oxygen atoms in total. The van der Waals surface area contributed by atoms with Crippen molar-refractivity contribution in [2.45, 2.75) is 19.8 Å². The fourth-order valence-corrected chi connectivity index (χ4v) is 5.35. The number of nitrogens with zero attached hydrogens (tertiary/aromatic N) is 2. The van der Waals surface area contributed by atoms with Crippen LogP contribution in [0.5, 0.6) is 0 Å². The molecule has 1 aliphatic carbocycles. The van der Waals surface area contributed by atoms with Crippen LogP contribution in [-0.2, 0) is 9.53 Å². The zero-order valence-corrected chi connectivity index (χ0v) is 20.7. The molecule has 1 fully saturated rings. The van der Waals surface area contributed by atoms with E-state index in [1.165, 1.54) is 12.1 Å². The number of carboxylic acids is 1. The summed E-state index contributed by atoms with van der Waals surface area (Å²) in [6.07, 6.45) is 1.29. The Morgan fingerprint density at radius 3 is 2.50 bits per heavy atom. The van der Waals surface area contributed by atoms with Crippen molar-refractivity contribution in [2.24, 2.45) is 5.92 Å². The van der Waals surface area contributed by atoms with Gasteiger partial charge in [0.1, 0.15) is 5.52 Å². The fourth-order valence-electron chi connectivity index (χ4n) is 5.35. The number of benzene rings is 3. The van der Waals surface area contributed by atoms with Crippen molar-refractivity contribution in [1.29, 1.82) is 0 Å². The Bertz CT molecular complexity index is 1580. The van der Waals surface area contributed by atoms with Crippen LogP contribution in [0.1, 0.15) is 46.0 Å². The van der Waals surface area contributed by atoms with Crippen LogP contribution >= 0.6 is 0 Å². The summed E-state index contributed by atoms with van der Waals surface area (Å²) < 4.78 is 11.1. The van der Waals surface area contributed by atoms with Gasteiger partial charge in [-0.1, -0.05) is 29.4 Å². The smallest absolute Gasteiger partial charge is 0.335 e. The van der Waals surface area contributed by atoms with Gasteiger partial charge in [-0.15, -0.1) is 0 Å². The molecule has 2 aliphatic rings. The molecule has 0 unspecified atom stereocenters. The van der Waals surface area contributed by atoms with Gasteiger partial charge in [0.15, 0.2) is 11.5 Å². The van der Waals surface area contributed by atoms with Crippen LogP contribution in [0.2, 0.25) is 0 Å². The first-order valence-corrected chi connectivity index (χ1v) is 12.6. The predicted octanol–water partition coefficient (Wildman–Crippen LogP) is 5.26. The molecule has 1 aliphatic heterocycles. The van der Waals surface area contributed by atoms with Crippen molar-refractivity contribution in [2.75, 3.05) is 29.9 Å². The Morgan fingerprint density at radius 2 is 1.82 bits per heavy atom. The van der Waals surface area contributed by atoms with Gasteiger partial charge in [-0.3, -0.25) is 9.59 Å². The number of carbonyl (C=O) groups excluding carboxylic acids is 2. The Labute approximate surface area is 218 Å². The maximum atomic E-state index is 13.8. The Kier molecular flexibility index (Phi) is 5.83. The lowest BCUT2D eigenvalue weighted by atomic mass is 9.86. The highest BCUT2D eigenvalue weighted by Crippen LogP contribution is 2.46. The molecule has 6 rings (SSSR count). The number of rotatable bonds is 6. The van der Waals surface area contributed by atoms with Crippen LogP contribution < -0.4 is 10.2 Å². The van der Waals surface area contributed by atoms with Crippen LogP contribution in [0.25, 0.3) is 22.2 Å². The number of aromatic nitrogens is 1. The first kappa shape index (κ1) is 23.7. The van der Waals surface area contributed by atoms with Crippen LogP contribution in [0.3, 0.4) is 0 Å². The van der Waals surface area contributed by atoms with E-state index < -0.39 is 5.97 Å². The summed E-state index contributed by atoms with van der Waals surface area (Å²) in [5.74, 6) is -0.926. The minimum atomic E-state index is -1.01. The standard InChI is InChI=1S/C29H25N3O6/c1-2-37-29(36)17-11-13-32(14-12-17)22-15-21(30-18-9-7-16(8-10-18)28(34)35)23-24-25(22)31-38-27(24)20-6-4-3-5-19(20)26(23)33/h3-10,15,17,30H,2,11-14H2,1H3,(H,34,35). The summed E-state index contributed by atoms with van der Waals surface area (Å²) in [4.78, 5) is 39.5. The molecule has 0 bridgehead atoms. The Hall–Kier alpha value is -4.66. The van der Waals surface area contributed by atoms with E-state index in [-0.39, 0.29) is 23.2 Å². The highest BCUT2D eigenvalue weighted by Gasteiger charge is 2.35. The summed E-state index contributed by atoms with van der Waals surface area (Å²) in [5, 5.41) is 17.6. The van der Waals surface area contributed by atoms with Gasteiger partial charge in [-0.25, -0.2) is 4.79 Å². The average Bonchev–Trinajstić information content (AvgIpc) is 3.38. The molecule has 38 heavy (non-hydrogen) atoms. The molecule has 3 aromatic carbocycles. The van der Waals surface area contributed by atoms with E-state index >= 15 is 0 Å². The molecule has 192 valence electrons. The number of carbonyl (C=O) groups is 3. The van der Waals surface area contributed by atoms with Gasteiger partial charge >= 0.3 is 11.9 Å². The summed E-state index contributed by atoms with van der Waals surface area (Å²) in [6.45, 7) is 3.41. The quantitative estimate of drug-likeness (QED) is 0.294. The number of hydrogen-bond donors (Lipinski definition) is 2. The largest absolute Gasteiger partial charge is 0.478 e. The van der Waals surface area contributed by atoms with Gasteiger partial charge in [0.25, 0.3) is 0 Å². The van der Waals surface area contributed by atoms with Crippen LogP contribution in [0.4, 0.5) is 17.1 Å². The van der Waals surface area contributed by atoms with Gasteiger partial charge in [-0.2, -0.15) is 0 Å². The molecule has 0 amide bonds. The third-order valence-electron chi connectivity index (χ3n) is 7.24. The number of esters is 1. The minimum absolute atomic E-state index is 0.140. The average molecular weight is 512 g/mol. The zero-order chi connectivity index (χ0) is 26.4. The van der Waals surface area contributed by atoms with Crippen LogP contribution in [0, 0.1) is 5.92 Å². The summed E-state index contributed by atoms with van der Waals surface area (Å²) in [5.41, 5.74) is 4.48. The van der Waals surface area contributed by atoms with Crippen molar-refractivity contribution in [1.82, 2.24) is 5.16 Å². The third-order valence-corrected chi connectivity index (χ3v) is 7.24. The van der Waals surface area contributed by atoms with Gasteiger partial charge in [-0.05, 0) is 50.1 Å². The second-order valence-corrected chi connectivity index (χ2v) is 9.45. The third kappa shape index (κ3) is 3.87. The van der Waals surface area contributed by atoms with Gasteiger partial charge in [0, 0.05) is 29.9 Å². The van der Waals surface area contributed by atoms with E-state index in [0.717, 1.165) is 5.69 Å². The maximum absolute atomic E-state index is 13.8. The van der Waals surface area contributed by atoms with Crippen molar-refractivity contribution >= 4 is 45.7 Å². The molecule has 0 atom stereocenters. The first-order valence-electron chi connectivity index (χ1n) is 12.6. The molecule has 1 aromatic heterocycles. The molecule has 0 saturated carbocycles. The van der Waals surface area contributed by atoms with E-state index in [4.69, 9.17) is 9.26 Å². The van der Waals surface area contributed by atoms with Gasteiger partial charge < -0.3 is 24.6 Å². The second kappa shape index (κ2) is 9.33. The van der Waals surface area contributed by atoms with Crippen LogP contribution in [-0.4, -0.2) is 47.7 Å². The minimum Gasteiger partial charge on any atom is -0.478 e. The number of ketones is 1. The first-order chi connectivity index (χ1) is 18.5. The number of ether oxygens (including phenoxy) is 1. The molecule has 9 heteroatoms. The molecule has 2 heterocycles. The van der Waals surface area contributed by atoms with E-state index in [2.05, 4.69) is 15.4 Å². The van der Waals surface area contributed by atoms with Crippen molar-refractivity contribution < 1.29 is 28.8 Å². The highest BCUT2D eigenvalue weighted by atomic mass is 16.5. The number of anilines is 3. The lowest BCUT2D eigenvalue weighted by Crippen LogP contribution is -2.37. The summed E-state index contributed by atoms with van der Waals surface area (Å²) in [6, 6.07) is 15.6. The number of aromatic carboxylic acids is 1. The molecule has 4 aromatic rings. The molecular formula is C29H25N3O6. The zero-order valence-electron chi connectivity index (χ0n) is 20.7. The van der Waals surface area contributed by atoms with Crippen molar-refractivity contribution in [3.05, 3.63) is 71.3 Å². The van der Waals surface area contributed by atoms with Crippen molar-refractivity contribution in [3.8, 4) is 11.3 Å². The highest BCUT2D eigenvalue weighted by molar-refractivity contribution is 6.28. The summed E-state index contributed by atoms with van der Waals surface area (Å²) >= 11 is 0. The van der Waals surface area contributed by atoms with E-state index in [9.17, 15) is 19.5 Å². The van der Waals surface area contributed by atoms with E-state index in [1.54, 1.807) is 25.1 Å². The normalized spacial score (nSPS) is 14.9. The Morgan fingerprint density at radius 1 is 1.11 bits per heavy atom. The number of nitrogens with one attached hydrogen (secondary N) is 1. The predicted molar refractivity (Wildman–Crippen MR) is 141 cm³/mol. The molecule has 2 N–H and O–H groups in total. The number of carboxylic acid groups (broad SMARTS) is 1. The van der Waals surface area contributed by atoms with E-state index in [1.807, 2.05) is 24.3 Å². The van der Waals surface area contributed by atoms with Crippen molar-refractivity contribution in [3.63, 3.8) is 0 Å². The lowest BCUT2D eigenvalue weighted by Gasteiger charge is -2.33. The van der Waals surface area contributed by atoms with Gasteiger partial charge in [0.2, 0.25) is 0 Å².